The van der Waals surface area contributed by atoms with Crippen LogP contribution in [0.1, 0.15) is 32.4 Å². The predicted octanol–water partition coefficient (Wildman–Crippen LogP) is 4.05. The van der Waals surface area contributed by atoms with E-state index in [1.807, 2.05) is 23.9 Å². The van der Waals surface area contributed by atoms with Crippen molar-refractivity contribution in [3.63, 3.8) is 0 Å². The quantitative estimate of drug-likeness (QED) is 0.822. The van der Waals surface area contributed by atoms with E-state index in [1.165, 1.54) is 12.8 Å². The highest BCUT2D eigenvalue weighted by Crippen LogP contribution is 2.29. The van der Waals surface area contributed by atoms with Crippen LogP contribution in [-0.2, 0) is 6.54 Å². The van der Waals surface area contributed by atoms with Crippen molar-refractivity contribution >= 4 is 27.7 Å². The lowest BCUT2D eigenvalue weighted by molar-refractivity contribution is 0.439. The Kier molecular flexibility index (Phi) is 5.94. The number of halogens is 1. The van der Waals surface area contributed by atoms with Gasteiger partial charge in [-0.05, 0) is 47.2 Å². The molecule has 2 nitrogen and oxygen atoms in total. The third-order valence-electron chi connectivity index (χ3n) is 3.10. The highest BCUT2D eigenvalue weighted by Gasteiger charge is 2.24. The summed E-state index contributed by atoms with van der Waals surface area (Å²) in [5.41, 5.74) is 0. The third-order valence-corrected chi connectivity index (χ3v) is 5.11. The first kappa shape index (κ1) is 14.1. The Morgan fingerprint density at radius 3 is 2.50 bits per heavy atom. The maximum atomic E-state index is 5.45. The normalized spacial score (nSPS) is 12.0. The van der Waals surface area contributed by atoms with Gasteiger partial charge in [-0.25, -0.2) is 0 Å². The number of hydrogen-bond acceptors (Lipinski definition) is 3. The maximum Gasteiger partial charge on any atom is 0.169 e. The van der Waals surface area contributed by atoms with Gasteiger partial charge in [-0.15, -0.1) is 0 Å². The van der Waals surface area contributed by atoms with Crippen LogP contribution in [0.15, 0.2) is 21.2 Å². The van der Waals surface area contributed by atoms with Gasteiger partial charge >= 0.3 is 0 Å². The van der Waals surface area contributed by atoms with Crippen molar-refractivity contribution in [1.82, 2.24) is 5.32 Å². The van der Waals surface area contributed by atoms with Gasteiger partial charge < -0.3 is 9.73 Å². The molecular formula is C12H20BrNOS. The SMILES string of the molecule is CCC(CC)(CNCc1ccc(Br)o1)SC. The highest BCUT2D eigenvalue weighted by molar-refractivity contribution is 9.10. The summed E-state index contributed by atoms with van der Waals surface area (Å²) in [5, 5.41) is 3.47. The van der Waals surface area contributed by atoms with Gasteiger partial charge in [0, 0.05) is 11.3 Å². The Labute approximate surface area is 111 Å². The van der Waals surface area contributed by atoms with Crippen LogP contribution in [-0.4, -0.2) is 17.5 Å². The summed E-state index contributed by atoms with van der Waals surface area (Å²) in [5.74, 6) is 0.981. The van der Waals surface area contributed by atoms with Crippen LogP contribution in [0.4, 0.5) is 0 Å². The second kappa shape index (κ2) is 6.72. The summed E-state index contributed by atoms with van der Waals surface area (Å²) >= 11 is 5.26. The first-order valence-electron chi connectivity index (χ1n) is 5.66. The molecule has 0 spiro atoms. The summed E-state index contributed by atoms with van der Waals surface area (Å²) in [6.45, 7) is 6.34. The first-order valence-corrected chi connectivity index (χ1v) is 7.67. The molecular weight excluding hydrogens is 286 g/mol. The third kappa shape index (κ3) is 3.82. The van der Waals surface area contributed by atoms with Crippen molar-refractivity contribution in [3.8, 4) is 0 Å². The Balaban J connectivity index is 2.39. The molecule has 4 heteroatoms. The number of hydrogen-bond donors (Lipinski definition) is 1. The molecule has 1 aromatic rings. The summed E-state index contributed by atoms with van der Waals surface area (Å²) in [6.07, 6.45) is 4.58. The monoisotopic (exact) mass is 305 g/mol. The molecule has 1 N–H and O–H groups in total. The van der Waals surface area contributed by atoms with E-state index in [0.29, 0.717) is 4.75 Å². The van der Waals surface area contributed by atoms with Crippen LogP contribution in [0.2, 0.25) is 0 Å². The molecule has 92 valence electrons. The largest absolute Gasteiger partial charge is 0.453 e. The van der Waals surface area contributed by atoms with Gasteiger partial charge in [0.15, 0.2) is 4.67 Å². The number of thioether (sulfide) groups is 1. The van der Waals surface area contributed by atoms with Crippen molar-refractivity contribution in [3.05, 3.63) is 22.6 Å². The van der Waals surface area contributed by atoms with Crippen molar-refractivity contribution in [1.29, 1.82) is 0 Å². The Bertz CT molecular complexity index is 301. The van der Waals surface area contributed by atoms with E-state index in [0.717, 1.165) is 23.5 Å². The minimum Gasteiger partial charge on any atom is -0.453 e. The molecule has 0 unspecified atom stereocenters. The molecule has 0 aromatic carbocycles. The summed E-state index contributed by atoms with van der Waals surface area (Å²) in [4.78, 5) is 0. The second-order valence-corrected chi connectivity index (χ2v) is 5.96. The Hall–Kier alpha value is 0.0700. The molecule has 0 aliphatic rings. The fourth-order valence-corrected chi connectivity index (χ4v) is 2.88. The number of rotatable bonds is 7. The van der Waals surface area contributed by atoms with Crippen molar-refractivity contribution < 1.29 is 4.42 Å². The molecule has 16 heavy (non-hydrogen) atoms. The van der Waals surface area contributed by atoms with Gasteiger partial charge in [-0.1, -0.05) is 13.8 Å². The molecule has 0 saturated heterocycles. The zero-order valence-electron chi connectivity index (χ0n) is 10.2. The van der Waals surface area contributed by atoms with E-state index in [4.69, 9.17) is 4.42 Å². The van der Waals surface area contributed by atoms with Crippen LogP contribution in [0.25, 0.3) is 0 Å². The lowest BCUT2D eigenvalue weighted by Gasteiger charge is -2.29. The van der Waals surface area contributed by atoms with Crippen LogP contribution in [0, 0.1) is 0 Å². The van der Waals surface area contributed by atoms with Gasteiger partial charge in [0.05, 0.1) is 6.54 Å². The molecule has 1 aromatic heterocycles. The van der Waals surface area contributed by atoms with Gasteiger partial charge in [0.25, 0.3) is 0 Å². The summed E-state index contributed by atoms with van der Waals surface area (Å²) < 4.78 is 6.61. The predicted molar refractivity (Wildman–Crippen MR) is 74.9 cm³/mol. The van der Waals surface area contributed by atoms with E-state index in [1.54, 1.807) is 0 Å². The van der Waals surface area contributed by atoms with Crippen LogP contribution in [0.5, 0.6) is 0 Å². The molecule has 0 radical (unpaired) electrons. The maximum absolute atomic E-state index is 5.45. The Morgan fingerprint density at radius 1 is 1.38 bits per heavy atom. The van der Waals surface area contributed by atoms with E-state index in [2.05, 4.69) is 41.3 Å². The number of nitrogens with one attached hydrogen (secondary N) is 1. The zero-order chi connectivity index (χ0) is 12.0. The topological polar surface area (TPSA) is 25.2 Å². The van der Waals surface area contributed by atoms with Crippen molar-refractivity contribution in [2.45, 2.75) is 38.0 Å². The first-order chi connectivity index (χ1) is 7.65. The lowest BCUT2D eigenvalue weighted by atomic mass is 10.0. The minimum absolute atomic E-state index is 0.365. The van der Waals surface area contributed by atoms with Gasteiger partial charge in [-0.3, -0.25) is 0 Å². The van der Waals surface area contributed by atoms with Crippen LogP contribution < -0.4 is 5.32 Å². The average Bonchev–Trinajstić information content (AvgIpc) is 2.71. The molecule has 0 atom stereocenters. The molecule has 0 aliphatic carbocycles. The van der Waals surface area contributed by atoms with Crippen molar-refractivity contribution in [2.75, 3.05) is 12.8 Å². The molecule has 1 rings (SSSR count). The summed E-state index contributed by atoms with van der Waals surface area (Å²) in [7, 11) is 0. The standard InChI is InChI=1S/C12H20BrNOS/c1-4-12(5-2,16-3)9-14-8-10-6-7-11(13)15-10/h6-7,14H,4-5,8-9H2,1-3H3. The van der Waals surface area contributed by atoms with Crippen LogP contribution in [0.3, 0.4) is 0 Å². The van der Waals surface area contributed by atoms with E-state index in [-0.39, 0.29) is 0 Å². The fraction of sp³-hybridized carbons (Fsp3) is 0.667. The molecule has 0 aliphatic heterocycles. The molecule has 0 saturated carbocycles. The molecule has 0 bridgehead atoms. The average molecular weight is 306 g/mol. The lowest BCUT2D eigenvalue weighted by Crippen LogP contribution is -2.36. The molecule has 1 heterocycles. The van der Waals surface area contributed by atoms with Gasteiger partial charge in [0.2, 0.25) is 0 Å². The van der Waals surface area contributed by atoms with Crippen LogP contribution >= 0.6 is 27.7 Å². The fourth-order valence-electron chi connectivity index (χ4n) is 1.72. The van der Waals surface area contributed by atoms with E-state index >= 15 is 0 Å². The van der Waals surface area contributed by atoms with E-state index < -0.39 is 0 Å². The van der Waals surface area contributed by atoms with Gasteiger partial charge in [-0.2, -0.15) is 11.8 Å². The zero-order valence-corrected chi connectivity index (χ0v) is 12.6. The molecule has 0 amide bonds. The van der Waals surface area contributed by atoms with Gasteiger partial charge in [0.1, 0.15) is 5.76 Å². The highest BCUT2D eigenvalue weighted by atomic mass is 79.9. The molecule has 0 fully saturated rings. The summed E-state index contributed by atoms with van der Waals surface area (Å²) in [6, 6.07) is 3.92. The Morgan fingerprint density at radius 2 is 2.06 bits per heavy atom. The minimum atomic E-state index is 0.365. The van der Waals surface area contributed by atoms with Crippen molar-refractivity contribution in [2.24, 2.45) is 0 Å². The second-order valence-electron chi connectivity index (χ2n) is 3.90. The number of furan rings is 1. The smallest absolute Gasteiger partial charge is 0.169 e. The van der Waals surface area contributed by atoms with E-state index in [9.17, 15) is 0 Å².